The molecule has 0 saturated carbocycles. The van der Waals surface area contributed by atoms with Gasteiger partial charge >= 0.3 is 0 Å². The lowest BCUT2D eigenvalue weighted by atomic mass is 10.1. The van der Waals surface area contributed by atoms with Gasteiger partial charge in [-0.1, -0.05) is 13.0 Å². The predicted octanol–water partition coefficient (Wildman–Crippen LogP) is 3.31. The fourth-order valence-electron chi connectivity index (χ4n) is 3.02. The Kier molecular flexibility index (Phi) is 5.03. The van der Waals surface area contributed by atoms with Crippen LogP contribution in [0.3, 0.4) is 0 Å². The molecule has 0 bridgehead atoms. The standard InChI is InChI=1S/C20H23N3O2/c1-3-10-21-20(25)15-5-8-19(9-6-15)23-12-16-4-7-18(22-14(2)24)11-17(16)13-23/h4-9,11H,3,10,12-13H2,1-2H3,(H,21,25)(H,22,24). The number of anilines is 2. The lowest BCUT2D eigenvalue weighted by Crippen LogP contribution is -2.24. The summed E-state index contributed by atoms with van der Waals surface area (Å²) in [6, 6.07) is 13.7. The first kappa shape index (κ1) is 17.0. The van der Waals surface area contributed by atoms with Gasteiger partial charge in [0, 0.05) is 43.5 Å². The zero-order chi connectivity index (χ0) is 17.8. The molecule has 1 aliphatic heterocycles. The summed E-state index contributed by atoms with van der Waals surface area (Å²) in [5.74, 6) is -0.0928. The van der Waals surface area contributed by atoms with Crippen LogP contribution in [0.1, 0.15) is 41.8 Å². The Morgan fingerprint density at radius 3 is 2.44 bits per heavy atom. The van der Waals surface area contributed by atoms with Crippen LogP contribution in [0.2, 0.25) is 0 Å². The summed E-state index contributed by atoms with van der Waals surface area (Å²) >= 11 is 0. The average molecular weight is 337 g/mol. The van der Waals surface area contributed by atoms with Crippen LogP contribution in [-0.4, -0.2) is 18.4 Å². The second-order valence-electron chi connectivity index (χ2n) is 6.32. The highest BCUT2D eigenvalue weighted by molar-refractivity contribution is 5.94. The Bertz CT molecular complexity index is 784. The van der Waals surface area contributed by atoms with E-state index in [1.54, 1.807) is 0 Å². The van der Waals surface area contributed by atoms with Gasteiger partial charge in [0.2, 0.25) is 5.91 Å². The molecule has 0 aliphatic carbocycles. The smallest absolute Gasteiger partial charge is 0.251 e. The number of carbonyl (C=O) groups is 2. The van der Waals surface area contributed by atoms with Gasteiger partial charge in [0.1, 0.15) is 0 Å². The molecule has 130 valence electrons. The van der Waals surface area contributed by atoms with Gasteiger partial charge in [-0.2, -0.15) is 0 Å². The van der Waals surface area contributed by atoms with Crippen LogP contribution in [0, 0.1) is 0 Å². The van der Waals surface area contributed by atoms with E-state index in [4.69, 9.17) is 0 Å². The van der Waals surface area contributed by atoms with Crippen LogP contribution in [0.4, 0.5) is 11.4 Å². The van der Waals surface area contributed by atoms with Gasteiger partial charge in [-0.05, 0) is 53.9 Å². The molecule has 2 aromatic carbocycles. The number of nitrogens with one attached hydrogen (secondary N) is 2. The fourth-order valence-corrected chi connectivity index (χ4v) is 3.02. The summed E-state index contributed by atoms with van der Waals surface area (Å²) < 4.78 is 0. The molecule has 0 aromatic heterocycles. The maximum atomic E-state index is 12.0. The number of nitrogens with zero attached hydrogens (tertiary/aromatic N) is 1. The maximum Gasteiger partial charge on any atom is 0.251 e. The average Bonchev–Trinajstić information content (AvgIpc) is 3.02. The summed E-state index contributed by atoms with van der Waals surface area (Å²) in [7, 11) is 0. The lowest BCUT2D eigenvalue weighted by molar-refractivity contribution is -0.114. The van der Waals surface area contributed by atoms with E-state index in [1.165, 1.54) is 18.1 Å². The number of hydrogen-bond donors (Lipinski definition) is 2. The number of amides is 2. The first-order valence-electron chi connectivity index (χ1n) is 8.59. The van der Waals surface area contributed by atoms with Crippen molar-refractivity contribution < 1.29 is 9.59 Å². The topological polar surface area (TPSA) is 61.4 Å². The molecule has 1 aliphatic rings. The molecule has 2 amide bonds. The second kappa shape index (κ2) is 7.38. The Morgan fingerprint density at radius 2 is 1.76 bits per heavy atom. The normalized spacial score (nSPS) is 12.6. The first-order chi connectivity index (χ1) is 12.1. The molecule has 0 unspecified atom stereocenters. The van der Waals surface area contributed by atoms with E-state index in [9.17, 15) is 9.59 Å². The number of hydrogen-bond acceptors (Lipinski definition) is 3. The molecule has 0 atom stereocenters. The number of fused-ring (bicyclic) bond motifs is 1. The van der Waals surface area contributed by atoms with E-state index < -0.39 is 0 Å². The highest BCUT2D eigenvalue weighted by Crippen LogP contribution is 2.30. The SMILES string of the molecule is CCCNC(=O)c1ccc(N2Cc3ccc(NC(C)=O)cc3C2)cc1. The molecule has 3 rings (SSSR count). The van der Waals surface area contributed by atoms with Gasteiger partial charge in [0.25, 0.3) is 5.91 Å². The van der Waals surface area contributed by atoms with Gasteiger partial charge in [0.15, 0.2) is 0 Å². The first-order valence-corrected chi connectivity index (χ1v) is 8.59. The number of rotatable bonds is 5. The van der Waals surface area contributed by atoms with Crippen LogP contribution in [0.15, 0.2) is 42.5 Å². The minimum absolute atomic E-state index is 0.0296. The zero-order valence-corrected chi connectivity index (χ0v) is 14.6. The summed E-state index contributed by atoms with van der Waals surface area (Å²) in [6.45, 7) is 5.86. The lowest BCUT2D eigenvalue weighted by Gasteiger charge is -2.18. The molecule has 1 heterocycles. The maximum absolute atomic E-state index is 12.0. The van der Waals surface area contributed by atoms with Gasteiger partial charge in [-0.25, -0.2) is 0 Å². The predicted molar refractivity (Wildman–Crippen MR) is 99.7 cm³/mol. The van der Waals surface area contributed by atoms with Crippen LogP contribution in [0.5, 0.6) is 0 Å². The van der Waals surface area contributed by atoms with Crippen molar-refractivity contribution >= 4 is 23.2 Å². The molecule has 0 radical (unpaired) electrons. The van der Waals surface area contributed by atoms with Crippen molar-refractivity contribution in [1.82, 2.24) is 5.32 Å². The van der Waals surface area contributed by atoms with E-state index in [0.29, 0.717) is 12.1 Å². The molecule has 25 heavy (non-hydrogen) atoms. The van der Waals surface area contributed by atoms with E-state index in [1.807, 2.05) is 43.3 Å². The number of carbonyl (C=O) groups excluding carboxylic acids is 2. The van der Waals surface area contributed by atoms with Crippen LogP contribution in [-0.2, 0) is 17.9 Å². The zero-order valence-electron chi connectivity index (χ0n) is 14.6. The molecule has 5 nitrogen and oxygen atoms in total. The van der Waals surface area contributed by atoms with Crippen molar-refractivity contribution in [3.63, 3.8) is 0 Å². The highest BCUT2D eigenvalue weighted by atomic mass is 16.2. The summed E-state index contributed by atoms with van der Waals surface area (Å²) in [6.07, 6.45) is 0.927. The largest absolute Gasteiger partial charge is 0.363 e. The monoisotopic (exact) mass is 337 g/mol. The van der Waals surface area contributed by atoms with Crippen LogP contribution < -0.4 is 15.5 Å². The molecule has 0 fully saturated rings. The molecule has 0 saturated heterocycles. The third-order valence-electron chi connectivity index (χ3n) is 4.28. The van der Waals surface area contributed by atoms with Gasteiger partial charge < -0.3 is 15.5 Å². The van der Waals surface area contributed by atoms with Gasteiger partial charge in [-0.3, -0.25) is 9.59 Å². The van der Waals surface area contributed by atoms with E-state index in [2.05, 4.69) is 21.6 Å². The van der Waals surface area contributed by atoms with Crippen molar-refractivity contribution in [3.05, 3.63) is 59.2 Å². The summed E-state index contributed by atoms with van der Waals surface area (Å²) in [4.78, 5) is 25.4. The minimum Gasteiger partial charge on any atom is -0.363 e. The summed E-state index contributed by atoms with van der Waals surface area (Å²) in [5, 5.41) is 5.71. The Hall–Kier alpha value is -2.82. The third-order valence-corrected chi connectivity index (χ3v) is 4.28. The summed E-state index contributed by atoms with van der Waals surface area (Å²) in [5.41, 5.74) is 5.08. The second-order valence-corrected chi connectivity index (χ2v) is 6.32. The van der Waals surface area contributed by atoms with Gasteiger partial charge in [0.05, 0.1) is 0 Å². The van der Waals surface area contributed by atoms with Crippen molar-refractivity contribution in [2.75, 3.05) is 16.8 Å². The van der Waals surface area contributed by atoms with Crippen molar-refractivity contribution in [2.45, 2.75) is 33.4 Å². The third kappa shape index (κ3) is 3.99. The molecular formula is C20H23N3O2. The molecular weight excluding hydrogens is 314 g/mol. The Balaban J connectivity index is 1.69. The van der Waals surface area contributed by atoms with Crippen LogP contribution in [0.25, 0.3) is 0 Å². The van der Waals surface area contributed by atoms with E-state index in [-0.39, 0.29) is 11.8 Å². The molecule has 2 N–H and O–H groups in total. The van der Waals surface area contributed by atoms with E-state index in [0.717, 1.165) is 30.9 Å². The van der Waals surface area contributed by atoms with Crippen molar-refractivity contribution in [1.29, 1.82) is 0 Å². The Labute approximate surface area is 148 Å². The molecule has 2 aromatic rings. The molecule has 5 heteroatoms. The van der Waals surface area contributed by atoms with Gasteiger partial charge in [-0.15, -0.1) is 0 Å². The molecule has 0 spiro atoms. The quantitative estimate of drug-likeness (QED) is 0.880. The number of benzene rings is 2. The minimum atomic E-state index is -0.0632. The van der Waals surface area contributed by atoms with Crippen molar-refractivity contribution in [3.8, 4) is 0 Å². The Morgan fingerprint density at radius 1 is 1.04 bits per heavy atom. The fraction of sp³-hybridized carbons (Fsp3) is 0.300. The highest BCUT2D eigenvalue weighted by Gasteiger charge is 2.20. The van der Waals surface area contributed by atoms with Crippen LogP contribution >= 0.6 is 0 Å². The van der Waals surface area contributed by atoms with Crippen molar-refractivity contribution in [2.24, 2.45) is 0 Å². The van der Waals surface area contributed by atoms with E-state index >= 15 is 0 Å².